The number of likely N-dealkylation sites (N-methyl/N-ethyl adjacent to an activating group) is 1. The van der Waals surface area contributed by atoms with E-state index in [2.05, 4.69) is 90.1 Å². The molecule has 0 amide bonds. The molecule has 0 saturated carbocycles. The average molecular weight is 452 g/mol. The molecule has 0 aliphatic carbocycles. The maximum absolute atomic E-state index is 4.32. The van der Waals surface area contributed by atoms with Crippen molar-refractivity contribution in [3.63, 3.8) is 0 Å². The Kier molecular flexibility index (Phi) is 9.52. The van der Waals surface area contributed by atoms with Gasteiger partial charge in [0.25, 0.3) is 0 Å². The number of halogens is 1. The fourth-order valence-electron chi connectivity index (χ4n) is 2.58. The Hall–Kier alpha value is -1.60. The van der Waals surface area contributed by atoms with Gasteiger partial charge in [-0.25, -0.2) is 0 Å². The second-order valence-electron chi connectivity index (χ2n) is 6.18. The second-order valence-corrected chi connectivity index (χ2v) is 6.18. The molecule has 25 heavy (non-hydrogen) atoms. The molecule has 2 aromatic rings. The molecule has 0 saturated heterocycles. The molecule has 0 heterocycles. The molecule has 0 aromatic heterocycles. The Balaban J connectivity index is 0.00000312. The molecule has 4 nitrogen and oxygen atoms in total. The first-order valence-electron chi connectivity index (χ1n) is 8.31. The van der Waals surface area contributed by atoms with Gasteiger partial charge in [-0.05, 0) is 32.1 Å². The Morgan fingerprint density at radius 3 is 2.20 bits per heavy atom. The lowest BCUT2D eigenvalue weighted by molar-refractivity contribution is 0.298. The molecule has 1 atom stereocenters. The van der Waals surface area contributed by atoms with Crippen LogP contribution in [-0.4, -0.2) is 38.5 Å². The van der Waals surface area contributed by atoms with E-state index in [1.807, 2.05) is 6.07 Å². The molecule has 5 heteroatoms. The second kappa shape index (κ2) is 11.1. The van der Waals surface area contributed by atoms with E-state index in [9.17, 15) is 0 Å². The maximum atomic E-state index is 4.32. The summed E-state index contributed by atoms with van der Waals surface area (Å²) < 4.78 is 0. The summed E-state index contributed by atoms with van der Waals surface area (Å²) in [5, 5.41) is 6.80. The molecule has 0 bridgehead atoms. The van der Waals surface area contributed by atoms with Gasteiger partial charge in [-0.1, -0.05) is 60.2 Å². The van der Waals surface area contributed by atoms with Crippen LogP contribution < -0.4 is 10.6 Å². The van der Waals surface area contributed by atoms with Gasteiger partial charge >= 0.3 is 0 Å². The zero-order valence-corrected chi connectivity index (χ0v) is 17.8. The van der Waals surface area contributed by atoms with Crippen molar-refractivity contribution in [3.05, 3.63) is 71.3 Å². The van der Waals surface area contributed by atoms with Gasteiger partial charge in [0.2, 0.25) is 0 Å². The molecule has 2 aromatic carbocycles. The van der Waals surface area contributed by atoms with Crippen molar-refractivity contribution < 1.29 is 0 Å². The summed E-state index contributed by atoms with van der Waals surface area (Å²) >= 11 is 0. The minimum atomic E-state index is 0. The van der Waals surface area contributed by atoms with E-state index in [1.54, 1.807) is 7.05 Å². The molecular formula is C20H29IN4. The van der Waals surface area contributed by atoms with Gasteiger partial charge in [-0.15, -0.1) is 24.0 Å². The van der Waals surface area contributed by atoms with Gasteiger partial charge in [0.15, 0.2) is 5.96 Å². The molecule has 0 fully saturated rings. The zero-order chi connectivity index (χ0) is 17.4. The van der Waals surface area contributed by atoms with Crippen LogP contribution in [0.1, 0.15) is 22.7 Å². The minimum Gasteiger partial charge on any atom is -0.354 e. The Morgan fingerprint density at radius 1 is 1.00 bits per heavy atom. The highest BCUT2D eigenvalue weighted by atomic mass is 127. The molecule has 0 aliphatic rings. The monoisotopic (exact) mass is 452 g/mol. The molecule has 2 N–H and O–H groups in total. The van der Waals surface area contributed by atoms with Crippen molar-refractivity contribution in [2.24, 2.45) is 4.99 Å². The van der Waals surface area contributed by atoms with Crippen LogP contribution in [0.5, 0.6) is 0 Å². The lowest BCUT2D eigenvalue weighted by Gasteiger charge is -2.26. The smallest absolute Gasteiger partial charge is 0.191 e. The van der Waals surface area contributed by atoms with Crippen LogP contribution in [0.4, 0.5) is 0 Å². The topological polar surface area (TPSA) is 39.7 Å². The number of guanidine groups is 1. The maximum Gasteiger partial charge on any atom is 0.191 e. The van der Waals surface area contributed by atoms with Gasteiger partial charge in [0.1, 0.15) is 0 Å². The van der Waals surface area contributed by atoms with Gasteiger partial charge in [-0.3, -0.25) is 4.99 Å². The fraction of sp³-hybridized carbons (Fsp3) is 0.350. The molecule has 0 aliphatic heterocycles. The fourth-order valence-corrected chi connectivity index (χ4v) is 2.58. The van der Waals surface area contributed by atoms with E-state index in [-0.39, 0.29) is 24.0 Å². The van der Waals surface area contributed by atoms with Crippen LogP contribution in [-0.2, 0) is 6.54 Å². The highest BCUT2D eigenvalue weighted by molar-refractivity contribution is 14.0. The third-order valence-electron chi connectivity index (χ3n) is 4.07. The number of aryl methyl sites for hydroxylation is 1. The molecule has 0 spiro atoms. The summed E-state index contributed by atoms with van der Waals surface area (Å²) in [4.78, 5) is 6.54. The van der Waals surface area contributed by atoms with Gasteiger partial charge in [0, 0.05) is 20.1 Å². The first kappa shape index (κ1) is 21.4. The summed E-state index contributed by atoms with van der Waals surface area (Å²) in [5.41, 5.74) is 3.82. The number of hydrogen-bond donors (Lipinski definition) is 2. The number of nitrogens with zero attached hydrogens (tertiary/aromatic N) is 2. The summed E-state index contributed by atoms with van der Waals surface area (Å²) in [6.07, 6.45) is 0. The van der Waals surface area contributed by atoms with Crippen molar-refractivity contribution in [2.75, 3.05) is 27.7 Å². The van der Waals surface area contributed by atoms with Crippen LogP contribution in [0.25, 0.3) is 0 Å². The van der Waals surface area contributed by atoms with E-state index < -0.39 is 0 Å². The molecule has 2 rings (SSSR count). The van der Waals surface area contributed by atoms with Crippen LogP contribution >= 0.6 is 24.0 Å². The summed E-state index contributed by atoms with van der Waals surface area (Å²) in [6, 6.07) is 19.4. The highest BCUT2D eigenvalue weighted by Crippen LogP contribution is 2.16. The van der Waals surface area contributed by atoms with E-state index in [0.717, 1.165) is 19.0 Å². The highest BCUT2D eigenvalue weighted by Gasteiger charge is 2.14. The zero-order valence-electron chi connectivity index (χ0n) is 15.5. The van der Waals surface area contributed by atoms with E-state index in [1.165, 1.54) is 16.7 Å². The third-order valence-corrected chi connectivity index (χ3v) is 4.07. The predicted octanol–water partition coefficient (Wildman–Crippen LogP) is 3.58. The van der Waals surface area contributed by atoms with Crippen molar-refractivity contribution in [2.45, 2.75) is 19.5 Å². The number of benzene rings is 2. The summed E-state index contributed by atoms with van der Waals surface area (Å²) in [5.74, 6) is 0.818. The van der Waals surface area contributed by atoms with E-state index in [0.29, 0.717) is 6.04 Å². The van der Waals surface area contributed by atoms with Crippen molar-refractivity contribution >= 4 is 29.9 Å². The SMILES string of the molecule is CN=C(NCc1ccc(C)cc1)NCC(c1ccccc1)N(C)C.I. The standard InChI is InChI=1S/C20H28N4.HI/c1-16-10-12-17(13-11-16)14-22-20(21-2)23-15-19(24(3)4)18-8-6-5-7-9-18;/h5-13,19H,14-15H2,1-4H3,(H2,21,22,23);1H. The van der Waals surface area contributed by atoms with Crippen molar-refractivity contribution in [1.29, 1.82) is 0 Å². The summed E-state index contributed by atoms with van der Waals surface area (Å²) in [7, 11) is 6.00. The Morgan fingerprint density at radius 2 is 1.64 bits per heavy atom. The summed E-state index contributed by atoms with van der Waals surface area (Å²) in [6.45, 7) is 3.66. The minimum absolute atomic E-state index is 0. The Labute approximate surface area is 168 Å². The van der Waals surface area contributed by atoms with Crippen LogP contribution in [0.2, 0.25) is 0 Å². The lowest BCUT2D eigenvalue weighted by atomic mass is 10.1. The normalized spacial score (nSPS) is 12.4. The number of rotatable bonds is 6. The quantitative estimate of drug-likeness (QED) is 0.400. The molecule has 1 unspecified atom stereocenters. The lowest BCUT2D eigenvalue weighted by Crippen LogP contribution is -2.41. The van der Waals surface area contributed by atoms with Crippen molar-refractivity contribution in [1.82, 2.24) is 15.5 Å². The van der Waals surface area contributed by atoms with Gasteiger partial charge in [0.05, 0.1) is 6.04 Å². The third kappa shape index (κ3) is 7.04. The van der Waals surface area contributed by atoms with Crippen LogP contribution in [0, 0.1) is 6.92 Å². The van der Waals surface area contributed by atoms with E-state index in [4.69, 9.17) is 0 Å². The average Bonchev–Trinajstić information content (AvgIpc) is 2.60. The number of hydrogen-bond acceptors (Lipinski definition) is 2. The molecule has 0 radical (unpaired) electrons. The predicted molar refractivity (Wildman–Crippen MR) is 118 cm³/mol. The largest absolute Gasteiger partial charge is 0.354 e. The van der Waals surface area contributed by atoms with Crippen LogP contribution in [0.15, 0.2) is 59.6 Å². The van der Waals surface area contributed by atoms with Gasteiger partial charge < -0.3 is 15.5 Å². The van der Waals surface area contributed by atoms with E-state index >= 15 is 0 Å². The number of nitrogens with one attached hydrogen (secondary N) is 2. The first-order chi connectivity index (χ1) is 11.6. The van der Waals surface area contributed by atoms with Gasteiger partial charge in [-0.2, -0.15) is 0 Å². The number of aliphatic imine (C=N–C) groups is 1. The first-order valence-corrected chi connectivity index (χ1v) is 8.31. The molecule has 136 valence electrons. The van der Waals surface area contributed by atoms with Crippen LogP contribution in [0.3, 0.4) is 0 Å². The Bertz CT molecular complexity index is 639. The molecular weight excluding hydrogens is 423 g/mol. The van der Waals surface area contributed by atoms with Crippen molar-refractivity contribution in [3.8, 4) is 0 Å².